The van der Waals surface area contributed by atoms with Gasteiger partial charge in [-0.3, -0.25) is 14.8 Å². The molecule has 0 aromatic carbocycles. The van der Waals surface area contributed by atoms with Gasteiger partial charge in [0.2, 0.25) is 5.88 Å². The first-order chi connectivity index (χ1) is 11.3. The van der Waals surface area contributed by atoms with Crippen LogP contribution in [-0.4, -0.2) is 51.5 Å². The predicted octanol–water partition coefficient (Wildman–Crippen LogP) is 1.60. The van der Waals surface area contributed by atoms with Gasteiger partial charge in [-0.05, 0) is 25.5 Å². The number of ether oxygens (including phenoxy) is 1. The molecule has 1 saturated heterocycles. The number of carbonyl (C=O) groups is 1. The highest BCUT2D eigenvalue weighted by Crippen LogP contribution is 2.17. The Balaban J connectivity index is 1.60. The number of anilines is 1. The van der Waals surface area contributed by atoms with E-state index in [1.165, 1.54) is 0 Å². The molecule has 1 aliphatic heterocycles. The van der Waals surface area contributed by atoms with Crippen molar-refractivity contribution in [3.63, 3.8) is 0 Å². The third-order valence-corrected chi connectivity index (χ3v) is 3.62. The van der Waals surface area contributed by atoms with E-state index in [0.29, 0.717) is 37.1 Å². The first kappa shape index (κ1) is 15.2. The summed E-state index contributed by atoms with van der Waals surface area (Å²) in [7, 11) is 0. The number of hydrogen-bond acceptors (Lipinski definition) is 6. The van der Waals surface area contributed by atoms with E-state index in [-0.39, 0.29) is 11.9 Å². The van der Waals surface area contributed by atoms with E-state index in [1.54, 1.807) is 35.6 Å². The molecular formula is C16H19N5O2. The van der Waals surface area contributed by atoms with Gasteiger partial charge in [0, 0.05) is 25.3 Å². The van der Waals surface area contributed by atoms with E-state index in [2.05, 4.69) is 20.3 Å². The van der Waals surface area contributed by atoms with Crippen molar-refractivity contribution in [3.8, 4) is 5.88 Å². The molecule has 3 rings (SSSR count). The predicted molar refractivity (Wildman–Crippen MR) is 85.4 cm³/mol. The van der Waals surface area contributed by atoms with Crippen LogP contribution in [0.5, 0.6) is 5.88 Å². The number of nitrogens with zero attached hydrogens (tertiary/aromatic N) is 4. The van der Waals surface area contributed by atoms with E-state index in [9.17, 15) is 4.79 Å². The van der Waals surface area contributed by atoms with Crippen molar-refractivity contribution in [1.82, 2.24) is 19.9 Å². The average Bonchev–Trinajstić information content (AvgIpc) is 3.04. The van der Waals surface area contributed by atoms with Crippen LogP contribution in [0, 0.1) is 0 Å². The van der Waals surface area contributed by atoms with Crippen LogP contribution in [0.4, 0.5) is 5.82 Å². The van der Waals surface area contributed by atoms with E-state index in [0.717, 1.165) is 6.42 Å². The molecule has 0 aliphatic carbocycles. The summed E-state index contributed by atoms with van der Waals surface area (Å²) in [4.78, 5) is 26.7. The van der Waals surface area contributed by atoms with Gasteiger partial charge in [0.25, 0.3) is 5.91 Å². The second kappa shape index (κ2) is 7.04. The highest BCUT2D eigenvalue weighted by atomic mass is 16.5. The Morgan fingerprint density at radius 1 is 1.43 bits per heavy atom. The van der Waals surface area contributed by atoms with Gasteiger partial charge in [-0.25, -0.2) is 0 Å². The Bertz CT molecular complexity index is 665. The number of amides is 1. The number of nitrogens with one attached hydrogen (secondary N) is 1. The minimum atomic E-state index is -0.0379. The molecule has 2 aromatic heterocycles. The van der Waals surface area contributed by atoms with Crippen molar-refractivity contribution < 1.29 is 9.53 Å². The van der Waals surface area contributed by atoms with Crippen LogP contribution in [0.1, 0.15) is 23.8 Å². The molecule has 2 aromatic rings. The van der Waals surface area contributed by atoms with E-state index in [1.807, 2.05) is 13.0 Å². The van der Waals surface area contributed by atoms with Gasteiger partial charge in [0.15, 0.2) is 0 Å². The molecule has 0 saturated carbocycles. The molecule has 7 nitrogen and oxygen atoms in total. The molecule has 0 bridgehead atoms. The lowest BCUT2D eigenvalue weighted by Crippen LogP contribution is -2.32. The number of pyridine rings is 1. The van der Waals surface area contributed by atoms with Crippen LogP contribution < -0.4 is 10.1 Å². The molecule has 23 heavy (non-hydrogen) atoms. The van der Waals surface area contributed by atoms with Crippen molar-refractivity contribution in [1.29, 1.82) is 0 Å². The Labute approximate surface area is 134 Å². The van der Waals surface area contributed by atoms with Gasteiger partial charge in [0.1, 0.15) is 11.5 Å². The summed E-state index contributed by atoms with van der Waals surface area (Å²) in [5, 5.41) is 3.31. The quantitative estimate of drug-likeness (QED) is 0.903. The Morgan fingerprint density at radius 2 is 2.35 bits per heavy atom. The molecule has 120 valence electrons. The summed E-state index contributed by atoms with van der Waals surface area (Å²) in [6.07, 6.45) is 5.74. The summed E-state index contributed by atoms with van der Waals surface area (Å²) in [6.45, 7) is 3.77. The van der Waals surface area contributed by atoms with Crippen LogP contribution in [-0.2, 0) is 0 Å². The third kappa shape index (κ3) is 3.74. The molecule has 1 unspecified atom stereocenters. The highest BCUT2D eigenvalue weighted by Gasteiger charge is 2.27. The molecule has 0 spiro atoms. The Morgan fingerprint density at radius 3 is 3.13 bits per heavy atom. The largest absolute Gasteiger partial charge is 0.477 e. The molecule has 3 heterocycles. The first-order valence-corrected chi connectivity index (χ1v) is 7.68. The lowest BCUT2D eigenvalue weighted by Gasteiger charge is -2.17. The number of rotatable bonds is 5. The van der Waals surface area contributed by atoms with E-state index >= 15 is 0 Å². The Kier molecular flexibility index (Phi) is 4.65. The maximum Gasteiger partial charge on any atom is 0.272 e. The van der Waals surface area contributed by atoms with Gasteiger partial charge >= 0.3 is 0 Å². The SMILES string of the molecule is CCOc1cncc(NC2CCN(C(=O)c3ccccn3)C2)n1. The van der Waals surface area contributed by atoms with Crippen molar-refractivity contribution >= 4 is 11.7 Å². The molecule has 0 radical (unpaired) electrons. The van der Waals surface area contributed by atoms with Crippen molar-refractivity contribution in [2.75, 3.05) is 25.0 Å². The molecule has 1 amide bonds. The van der Waals surface area contributed by atoms with Crippen LogP contribution in [0.15, 0.2) is 36.8 Å². The standard InChI is InChI=1S/C16H19N5O2/c1-2-23-15-10-17-9-14(20-15)19-12-6-8-21(11-12)16(22)13-5-3-4-7-18-13/h3-5,7,9-10,12H,2,6,8,11H2,1H3,(H,19,20). The maximum absolute atomic E-state index is 12.4. The minimum absolute atomic E-state index is 0.0379. The maximum atomic E-state index is 12.4. The van der Waals surface area contributed by atoms with Crippen molar-refractivity contribution in [3.05, 3.63) is 42.5 Å². The zero-order chi connectivity index (χ0) is 16.1. The minimum Gasteiger partial charge on any atom is -0.477 e. The van der Waals surface area contributed by atoms with E-state index < -0.39 is 0 Å². The summed E-state index contributed by atoms with van der Waals surface area (Å²) < 4.78 is 5.34. The fraction of sp³-hybridized carbons (Fsp3) is 0.375. The molecular weight excluding hydrogens is 294 g/mol. The summed E-state index contributed by atoms with van der Waals surface area (Å²) in [5.74, 6) is 1.12. The molecule has 7 heteroatoms. The van der Waals surface area contributed by atoms with Gasteiger partial charge in [0.05, 0.1) is 19.0 Å². The molecule has 1 fully saturated rings. The number of aromatic nitrogens is 3. The van der Waals surface area contributed by atoms with Gasteiger partial charge in [-0.15, -0.1) is 0 Å². The summed E-state index contributed by atoms with van der Waals surface area (Å²) in [6, 6.07) is 5.50. The second-order valence-electron chi connectivity index (χ2n) is 5.27. The van der Waals surface area contributed by atoms with Crippen LogP contribution >= 0.6 is 0 Å². The van der Waals surface area contributed by atoms with Crippen molar-refractivity contribution in [2.24, 2.45) is 0 Å². The second-order valence-corrected chi connectivity index (χ2v) is 5.27. The molecule has 1 N–H and O–H groups in total. The van der Waals surface area contributed by atoms with Crippen LogP contribution in [0.3, 0.4) is 0 Å². The fourth-order valence-electron chi connectivity index (χ4n) is 2.56. The smallest absolute Gasteiger partial charge is 0.272 e. The molecule has 1 atom stereocenters. The molecule has 1 aliphatic rings. The highest BCUT2D eigenvalue weighted by molar-refractivity contribution is 5.92. The zero-order valence-corrected chi connectivity index (χ0v) is 13.0. The summed E-state index contributed by atoms with van der Waals surface area (Å²) in [5.41, 5.74) is 0.478. The topological polar surface area (TPSA) is 80.2 Å². The van der Waals surface area contributed by atoms with Crippen LogP contribution in [0.25, 0.3) is 0 Å². The number of carbonyl (C=O) groups excluding carboxylic acids is 1. The normalized spacial score (nSPS) is 17.1. The third-order valence-electron chi connectivity index (χ3n) is 3.62. The van der Waals surface area contributed by atoms with Gasteiger partial charge < -0.3 is 15.0 Å². The monoisotopic (exact) mass is 313 g/mol. The lowest BCUT2D eigenvalue weighted by atomic mass is 10.2. The van der Waals surface area contributed by atoms with Gasteiger partial charge in [-0.2, -0.15) is 4.98 Å². The summed E-state index contributed by atoms with van der Waals surface area (Å²) >= 11 is 0. The zero-order valence-electron chi connectivity index (χ0n) is 13.0. The number of likely N-dealkylation sites (tertiary alicyclic amines) is 1. The Hall–Kier alpha value is -2.70. The van der Waals surface area contributed by atoms with Crippen molar-refractivity contribution in [2.45, 2.75) is 19.4 Å². The van der Waals surface area contributed by atoms with E-state index in [4.69, 9.17) is 4.74 Å². The first-order valence-electron chi connectivity index (χ1n) is 7.68. The van der Waals surface area contributed by atoms with Gasteiger partial charge in [-0.1, -0.05) is 6.07 Å². The number of hydrogen-bond donors (Lipinski definition) is 1. The average molecular weight is 313 g/mol. The van der Waals surface area contributed by atoms with Crippen LogP contribution in [0.2, 0.25) is 0 Å². The fourth-order valence-corrected chi connectivity index (χ4v) is 2.56. The lowest BCUT2D eigenvalue weighted by molar-refractivity contribution is 0.0786.